The summed E-state index contributed by atoms with van der Waals surface area (Å²) in [6.07, 6.45) is 2.64. The lowest BCUT2D eigenvalue weighted by molar-refractivity contribution is -0.136. The van der Waals surface area contributed by atoms with E-state index in [0.717, 1.165) is 6.42 Å². The highest BCUT2D eigenvalue weighted by Gasteiger charge is 2.01. The van der Waals surface area contributed by atoms with Gasteiger partial charge in [-0.15, -0.1) is 0 Å². The predicted molar refractivity (Wildman–Crippen MR) is 55.9 cm³/mol. The largest absolute Gasteiger partial charge is 0.466 e. The molecule has 0 aliphatic carbocycles. The van der Waals surface area contributed by atoms with Crippen molar-refractivity contribution in [3.63, 3.8) is 0 Å². The van der Waals surface area contributed by atoms with E-state index in [1.807, 2.05) is 36.4 Å². The summed E-state index contributed by atoms with van der Waals surface area (Å²) in [6.45, 7) is 1.76. The van der Waals surface area contributed by atoms with Crippen LogP contribution in [0.2, 0.25) is 0 Å². The van der Waals surface area contributed by atoms with Gasteiger partial charge < -0.3 is 4.74 Å². The van der Waals surface area contributed by atoms with Crippen LogP contribution in [0.15, 0.2) is 42.0 Å². The van der Waals surface area contributed by atoms with E-state index in [1.165, 1.54) is 12.7 Å². The molecule has 1 aromatic rings. The van der Waals surface area contributed by atoms with Gasteiger partial charge in [0.1, 0.15) is 0 Å². The van der Waals surface area contributed by atoms with Crippen LogP contribution < -0.4 is 0 Å². The molecular weight excluding hydrogens is 176 g/mol. The molecule has 0 unspecified atom stereocenters. The van der Waals surface area contributed by atoms with Crippen molar-refractivity contribution < 1.29 is 9.53 Å². The van der Waals surface area contributed by atoms with Crippen molar-refractivity contribution in [2.75, 3.05) is 7.11 Å². The lowest BCUT2D eigenvalue weighted by Gasteiger charge is -1.99. The molecule has 0 atom stereocenters. The molecule has 0 bridgehead atoms. The maximum atomic E-state index is 11.0. The maximum absolute atomic E-state index is 11.0. The molecule has 0 radical (unpaired) electrons. The number of carbonyl (C=O) groups is 1. The van der Waals surface area contributed by atoms with Crippen LogP contribution >= 0.6 is 0 Å². The second kappa shape index (κ2) is 5.22. The van der Waals surface area contributed by atoms with E-state index in [0.29, 0.717) is 5.57 Å². The summed E-state index contributed by atoms with van der Waals surface area (Å²) >= 11 is 0. The molecule has 0 aromatic heterocycles. The first kappa shape index (κ1) is 10.5. The van der Waals surface area contributed by atoms with Crippen LogP contribution in [0.4, 0.5) is 0 Å². The van der Waals surface area contributed by atoms with Gasteiger partial charge in [-0.25, -0.2) is 4.79 Å². The molecule has 0 saturated carbocycles. The van der Waals surface area contributed by atoms with Crippen LogP contribution in [-0.4, -0.2) is 13.1 Å². The molecule has 1 rings (SSSR count). The lowest BCUT2D eigenvalue weighted by Crippen LogP contribution is -2.01. The van der Waals surface area contributed by atoms with E-state index in [9.17, 15) is 4.79 Å². The molecule has 0 N–H and O–H groups in total. The average molecular weight is 190 g/mol. The fourth-order valence-electron chi connectivity index (χ4n) is 1.13. The van der Waals surface area contributed by atoms with Gasteiger partial charge in [-0.3, -0.25) is 0 Å². The van der Waals surface area contributed by atoms with Crippen molar-refractivity contribution in [2.45, 2.75) is 13.3 Å². The number of esters is 1. The molecule has 1 aromatic carbocycles. The molecule has 0 aliphatic heterocycles. The second-order valence-corrected chi connectivity index (χ2v) is 3.07. The number of carbonyl (C=O) groups excluding carboxylic acids is 1. The SMILES string of the molecule is COC(=O)C(C)=CCc1ccccc1. The van der Waals surface area contributed by atoms with Gasteiger partial charge in [-0.1, -0.05) is 36.4 Å². The number of methoxy groups -OCH3 is 1. The Morgan fingerprint density at radius 1 is 1.36 bits per heavy atom. The van der Waals surface area contributed by atoms with Gasteiger partial charge >= 0.3 is 5.97 Å². The Morgan fingerprint density at radius 2 is 2.00 bits per heavy atom. The minimum atomic E-state index is -0.263. The van der Waals surface area contributed by atoms with Crippen molar-refractivity contribution in [1.29, 1.82) is 0 Å². The molecule has 0 spiro atoms. The first-order chi connectivity index (χ1) is 6.74. The van der Waals surface area contributed by atoms with E-state index in [2.05, 4.69) is 4.74 Å². The van der Waals surface area contributed by atoms with Crippen molar-refractivity contribution in [3.05, 3.63) is 47.5 Å². The number of rotatable bonds is 3. The number of hydrogen-bond acceptors (Lipinski definition) is 2. The minimum Gasteiger partial charge on any atom is -0.466 e. The topological polar surface area (TPSA) is 26.3 Å². The first-order valence-electron chi connectivity index (χ1n) is 4.53. The molecule has 0 aliphatic rings. The fraction of sp³-hybridized carbons (Fsp3) is 0.250. The summed E-state index contributed by atoms with van der Waals surface area (Å²) in [7, 11) is 1.39. The number of allylic oxidation sites excluding steroid dienone is 1. The molecule has 2 heteroatoms. The zero-order valence-electron chi connectivity index (χ0n) is 8.49. The highest BCUT2D eigenvalue weighted by molar-refractivity contribution is 5.87. The summed E-state index contributed by atoms with van der Waals surface area (Å²) in [5, 5.41) is 0. The Hall–Kier alpha value is -1.57. The summed E-state index contributed by atoms with van der Waals surface area (Å²) in [5.74, 6) is -0.263. The maximum Gasteiger partial charge on any atom is 0.333 e. The molecule has 0 heterocycles. The Morgan fingerprint density at radius 3 is 2.57 bits per heavy atom. The van der Waals surface area contributed by atoms with E-state index in [1.54, 1.807) is 6.92 Å². The number of ether oxygens (including phenoxy) is 1. The minimum absolute atomic E-state index is 0.263. The third kappa shape index (κ3) is 3.05. The Balaban J connectivity index is 2.59. The third-order valence-electron chi connectivity index (χ3n) is 1.99. The highest BCUT2D eigenvalue weighted by atomic mass is 16.5. The van der Waals surface area contributed by atoms with Crippen LogP contribution in [0.25, 0.3) is 0 Å². The zero-order chi connectivity index (χ0) is 10.4. The monoisotopic (exact) mass is 190 g/mol. The Bertz CT molecular complexity index is 325. The van der Waals surface area contributed by atoms with Crippen molar-refractivity contribution in [3.8, 4) is 0 Å². The van der Waals surface area contributed by atoms with Gasteiger partial charge in [0.25, 0.3) is 0 Å². The van der Waals surface area contributed by atoms with Gasteiger partial charge in [0.15, 0.2) is 0 Å². The quantitative estimate of drug-likeness (QED) is 0.540. The van der Waals surface area contributed by atoms with Gasteiger partial charge in [0.05, 0.1) is 7.11 Å². The highest BCUT2D eigenvalue weighted by Crippen LogP contribution is 2.03. The van der Waals surface area contributed by atoms with Gasteiger partial charge in [0, 0.05) is 5.57 Å². The second-order valence-electron chi connectivity index (χ2n) is 3.07. The van der Waals surface area contributed by atoms with Gasteiger partial charge in [-0.05, 0) is 18.9 Å². The summed E-state index contributed by atoms with van der Waals surface area (Å²) in [5.41, 5.74) is 1.84. The molecule has 74 valence electrons. The van der Waals surface area contributed by atoms with E-state index >= 15 is 0 Å². The zero-order valence-corrected chi connectivity index (χ0v) is 8.49. The molecule has 2 nitrogen and oxygen atoms in total. The van der Waals surface area contributed by atoms with E-state index < -0.39 is 0 Å². The fourth-order valence-corrected chi connectivity index (χ4v) is 1.13. The lowest BCUT2D eigenvalue weighted by atomic mass is 10.1. The normalized spacial score (nSPS) is 11.1. The standard InChI is InChI=1S/C12H14O2/c1-10(12(13)14-2)8-9-11-6-4-3-5-7-11/h3-8H,9H2,1-2H3. The summed E-state index contributed by atoms with van der Waals surface area (Å²) < 4.78 is 4.59. The van der Waals surface area contributed by atoms with Crippen molar-refractivity contribution in [2.24, 2.45) is 0 Å². The summed E-state index contributed by atoms with van der Waals surface area (Å²) in [4.78, 5) is 11.0. The smallest absolute Gasteiger partial charge is 0.333 e. The van der Waals surface area contributed by atoms with Crippen LogP contribution in [0.1, 0.15) is 12.5 Å². The van der Waals surface area contributed by atoms with Crippen LogP contribution in [0.5, 0.6) is 0 Å². The summed E-state index contributed by atoms with van der Waals surface area (Å²) in [6, 6.07) is 10.00. The van der Waals surface area contributed by atoms with Gasteiger partial charge in [0.2, 0.25) is 0 Å². The van der Waals surface area contributed by atoms with Crippen LogP contribution in [-0.2, 0) is 16.0 Å². The van der Waals surface area contributed by atoms with Crippen molar-refractivity contribution in [1.82, 2.24) is 0 Å². The van der Waals surface area contributed by atoms with Gasteiger partial charge in [-0.2, -0.15) is 0 Å². The Kier molecular flexibility index (Phi) is 3.92. The van der Waals surface area contributed by atoms with E-state index in [-0.39, 0.29) is 5.97 Å². The molecule has 0 fully saturated rings. The third-order valence-corrected chi connectivity index (χ3v) is 1.99. The average Bonchev–Trinajstić information content (AvgIpc) is 2.26. The number of hydrogen-bond donors (Lipinski definition) is 0. The van der Waals surface area contributed by atoms with Crippen molar-refractivity contribution >= 4 is 5.97 Å². The first-order valence-corrected chi connectivity index (χ1v) is 4.53. The molecular formula is C12H14O2. The van der Waals surface area contributed by atoms with Crippen LogP contribution in [0, 0.1) is 0 Å². The molecule has 0 amide bonds. The number of benzene rings is 1. The Labute approximate surface area is 84.2 Å². The van der Waals surface area contributed by atoms with E-state index in [4.69, 9.17) is 0 Å². The molecule has 0 saturated heterocycles. The van der Waals surface area contributed by atoms with Crippen LogP contribution in [0.3, 0.4) is 0 Å². The molecule has 14 heavy (non-hydrogen) atoms. The predicted octanol–water partition coefficient (Wildman–Crippen LogP) is 2.35.